The molecule has 0 radical (unpaired) electrons. The Morgan fingerprint density at radius 2 is 2.10 bits per heavy atom. The highest BCUT2D eigenvalue weighted by Crippen LogP contribution is 2.67. The SMILES string of the molecule is CCC1C2CC(C(C)C)C12. The molecule has 4 atom stereocenters. The molecule has 0 heteroatoms. The van der Waals surface area contributed by atoms with Crippen molar-refractivity contribution < 1.29 is 0 Å². The fourth-order valence-corrected chi connectivity index (χ4v) is 3.01. The van der Waals surface area contributed by atoms with Crippen LogP contribution in [0.3, 0.4) is 0 Å². The van der Waals surface area contributed by atoms with Crippen molar-refractivity contribution in [3.8, 4) is 0 Å². The first-order valence-electron chi connectivity index (χ1n) is 4.75. The molecule has 58 valence electrons. The van der Waals surface area contributed by atoms with Gasteiger partial charge in [-0.25, -0.2) is 0 Å². The van der Waals surface area contributed by atoms with Gasteiger partial charge in [0.05, 0.1) is 0 Å². The molecule has 2 fully saturated rings. The molecular weight excluding hydrogens is 120 g/mol. The summed E-state index contributed by atoms with van der Waals surface area (Å²) in [5.41, 5.74) is 0. The highest BCUT2D eigenvalue weighted by atomic mass is 14.7. The summed E-state index contributed by atoms with van der Waals surface area (Å²) in [6.07, 6.45) is 3.00. The Kier molecular flexibility index (Phi) is 1.33. The Balaban J connectivity index is 1.88. The third-order valence-corrected chi connectivity index (χ3v) is 3.76. The Bertz CT molecular complexity index is 137. The summed E-state index contributed by atoms with van der Waals surface area (Å²) in [6, 6.07) is 0. The minimum absolute atomic E-state index is 0.956. The largest absolute Gasteiger partial charge is 0.0651 e. The van der Waals surface area contributed by atoms with Gasteiger partial charge in [0.1, 0.15) is 0 Å². The van der Waals surface area contributed by atoms with Gasteiger partial charge in [0, 0.05) is 0 Å². The summed E-state index contributed by atoms with van der Waals surface area (Å²) in [5, 5.41) is 0. The topological polar surface area (TPSA) is 0 Å². The second-order valence-corrected chi connectivity index (χ2v) is 4.46. The van der Waals surface area contributed by atoms with Crippen LogP contribution in [0.25, 0.3) is 0 Å². The van der Waals surface area contributed by atoms with Gasteiger partial charge in [0.25, 0.3) is 0 Å². The summed E-state index contributed by atoms with van der Waals surface area (Å²) < 4.78 is 0. The first kappa shape index (κ1) is 6.69. The van der Waals surface area contributed by atoms with Crippen molar-refractivity contribution in [3.63, 3.8) is 0 Å². The van der Waals surface area contributed by atoms with Crippen LogP contribution in [0, 0.1) is 29.6 Å². The first-order valence-corrected chi connectivity index (χ1v) is 4.75. The molecule has 0 heterocycles. The lowest BCUT2D eigenvalue weighted by molar-refractivity contribution is 0.212. The van der Waals surface area contributed by atoms with Gasteiger partial charge in [-0.05, 0) is 36.0 Å². The van der Waals surface area contributed by atoms with Crippen LogP contribution in [0.15, 0.2) is 0 Å². The normalized spacial score (nSPS) is 50.4. The van der Waals surface area contributed by atoms with E-state index in [1.807, 2.05) is 0 Å². The number of fused-ring (bicyclic) bond motifs is 1. The van der Waals surface area contributed by atoms with Gasteiger partial charge in [-0.1, -0.05) is 27.2 Å². The molecule has 0 aliphatic heterocycles. The van der Waals surface area contributed by atoms with Crippen LogP contribution >= 0.6 is 0 Å². The van der Waals surface area contributed by atoms with Gasteiger partial charge in [-0.15, -0.1) is 0 Å². The zero-order chi connectivity index (χ0) is 7.30. The Hall–Kier alpha value is 0. The second-order valence-electron chi connectivity index (χ2n) is 4.46. The van der Waals surface area contributed by atoms with Gasteiger partial charge >= 0.3 is 0 Å². The van der Waals surface area contributed by atoms with Crippen LogP contribution in [0.5, 0.6) is 0 Å². The lowest BCUT2D eigenvalue weighted by atomic mass is 9.77. The van der Waals surface area contributed by atoms with E-state index in [2.05, 4.69) is 20.8 Å². The number of hydrogen-bond donors (Lipinski definition) is 0. The van der Waals surface area contributed by atoms with Crippen LogP contribution in [0.1, 0.15) is 33.6 Å². The third-order valence-electron chi connectivity index (χ3n) is 3.76. The summed E-state index contributed by atoms with van der Waals surface area (Å²) in [4.78, 5) is 0. The van der Waals surface area contributed by atoms with E-state index in [1.54, 1.807) is 6.42 Å². The molecule has 4 unspecified atom stereocenters. The average Bonchev–Trinajstić information content (AvgIpc) is 2.34. The minimum Gasteiger partial charge on any atom is -0.0651 e. The third kappa shape index (κ3) is 0.681. The summed E-state index contributed by atoms with van der Waals surface area (Å²) >= 11 is 0. The lowest BCUT2D eigenvalue weighted by Gasteiger charge is -2.28. The lowest BCUT2D eigenvalue weighted by Crippen LogP contribution is -2.21. The van der Waals surface area contributed by atoms with Gasteiger partial charge in [0.15, 0.2) is 0 Å². The van der Waals surface area contributed by atoms with Crippen LogP contribution in [-0.2, 0) is 0 Å². The Morgan fingerprint density at radius 1 is 1.40 bits per heavy atom. The van der Waals surface area contributed by atoms with E-state index in [0.717, 1.165) is 17.8 Å². The molecule has 0 amide bonds. The Morgan fingerprint density at radius 3 is 2.40 bits per heavy atom. The zero-order valence-electron chi connectivity index (χ0n) is 7.30. The predicted molar refractivity (Wildman–Crippen MR) is 43.7 cm³/mol. The molecule has 0 N–H and O–H groups in total. The van der Waals surface area contributed by atoms with E-state index < -0.39 is 0 Å². The van der Waals surface area contributed by atoms with Crippen molar-refractivity contribution in [1.29, 1.82) is 0 Å². The molecule has 0 bridgehead atoms. The molecule has 0 aromatic heterocycles. The average molecular weight is 138 g/mol. The quantitative estimate of drug-likeness (QED) is 0.550. The Labute approximate surface area is 64.0 Å². The molecule has 2 aliphatic carbocycles. The van der Waals surface area contributed by atoms with Crippen LogP contribution in [-0.4, -0.2) is 0 Å². The van der Waals surface area contributed by atoms with E-state index in [1.165, 1.54) is 18.3 Å². The van der Waals surface area contributed by atoms with Crippen LogP contribution in [0.2, 0.25) is 0 Å². The van der Waals surface area contributed by atoms with Crippen molar-refractivity contribution in [2.24, 2.45) is 29.6 Å². The van der Waals surface area contributed by atoms with Crippen molar-refractivity contribution in [2.45, 2.75) is 33.6 Å². The van der Waals surface area contributed by atoms with E-state index >= 15 is 0 Å². The molecule has 2 rings (SSSR count). The molecular formula is C10H18. The van der Waals surface area contributed by atoms with Gasteiger partial charge in [-0.3, -0.25) is 0 Å². The second kappa shape index (κ2) is 1.99. The maximum atomic E-state index is 2.38. The minimum atomic E-state index is 0.956. The van der Waals surface area contributed by atoms with E-state index in [4.69, 9.17) is 0 Å². The highest BCUT2D eigenvalue weighted by Gasteiger charge is 2.61. The molecule has 0 nitrogen and oxygen atoms in total. The van der Waals surface area contributed by atoms with Crippen LogP contribution in [0.4, 0.5) is 0 Å². The standard InChI is InChI=1S/C10H18/c1-4-7-9-5-8(6(2)3)10(7)9/h6-10H,4-5H2,1-3H3. The van der Waals surface area contributed by atoms with E-state index in [0.29, 0.717) is 0 Å². The van der Waals surface area contributed by atoms with Crippen LogP contribution < -0.4 is 0 Å². The monoisotopic (exact) mass is 138 g/mol. The van der Waals surface area contributed by atoms with Crippen molar-refractivity contribution in [1.82, 2.24) is 0 Å². The van der Waals surface area contributed by atoms with Gasteiger partial charge in [0.2, 0.25) is 0 Å². The molecule has 10 heavy (non-hydrogen) atoms. The summed E-state index contributed by atoms with van der Waals surface area (Å²) in [5.74, 6) is 5.56. The maximum Gasteiger partial charge on any atom is -0.0321 e. The molecule has 0 saturated heterocycles. The summed E-state index contributed by atoms with van der Waals surface area (Å²) in [7, 11) is 0. The fourth-order valence-electron chi connectivity index (χ4n) is 3.01. The molecule has 2 aliphatic rings. The van der Waals surface area contributed by atoms with Gasteiger partial charge < -0.3 is 0 Å². The highest BCUT2D eigenvalue weighted by molar-refractivity contribution is 5.09. The first-order chi connectivity index (χ1) is 4.75. The van der Waals surface area contributed by atoms with E-state index in [9.17, 15) is 0 Å². The molecule has 0 aromatic carbocycles. The maximum absolute atomic E-state index is 2.38. The van der Waals surface area contributed by atoms with Crippen molar-refractivity contribution in [2.75, 3.05) is 0 Å². The molecule has 0 aromatic rings. The zero-order valence-corrected chi connectivity index (χ0v) is 7.30. The smallest absolute Gasteiger partial charge is 0.0321 e. The van der Waals surface area contributed by atoms with Crippen molar-refractivity contribution >= 4 is 0 Å². The number of hydrogen-bond acceptors (Lipinski definition) is 0. The molecule has 2 saturated carbocycles. The van der Waals surface area contributed by atoms with Gasteiger partial charge in [-0.2, -0.15) is 0 Å². The van der Waals surface area contributed by atoms with Crippen molar-refractivity contribution in [3.05, 3.63) is 0 Å². The predicted octanol–water partition coefficient (Wildman–Crippen LogP) is 2.93. The van der Waals surface area contributed by atoms with E-state index in [-0.39, 0.29) is 0 Å². The summed E-state index contributed by atoms with van der Waals surface area (Å²) in [6.45, 7) is 7.11. The molecule has 0 spiro atoms. The fraction of sp³-hybridized carbons (Fsp3) is 1.00. The number of rotatable bonds is 2.